The van der Waals surface area contributed by atoms with E-state index < -0.39 is 34.9 Å². The van der Waals surface area contributed by atoms with E-state index in [-0.39, 0.29) is 35.6 Å². The molecule has 4 aliphatic carbocycles. The maximum Gasteiger partial charge on any atom is 0.303 e. The molecule has 0 radical (unpaired) electrons. The Hall–Kier alpha value is -0.690. The highest BCUT2D eigenvalue weighted by Gasteiger charge is 2.69. The van der Waals surface area contributed by atoms with Gasteiger partial charge in [-0.15, -0.1) is 0 Å². The summed E-state index contributed by atoms with van der Waals surface area (Å²) in [5, 5.41) is 45.0. The lowest BCUT2D eigenvalue weighted by molar-refractivity contribution is -0.275. The molecule has 0 aromatic carbocycles. The molecule has 0 bridgehead atoms. The molecule has 0 spiro atoms. The monoisotopic (exact) mass is 508 g/mol. The Kier molecular flexibility index (Phi) is 7.47. The van der Waals surface area contributed by atoms with Crippen molar-refractivity contribution >= 4 is 5.97 Å². The molecule has 4 rings (SSSR count). The Morgan fingerprint density at radius 1 is 1.00 bits per heavy atom. The van der Waals surface area contributed by atoms with Crippen molar-refractivity contribution in [2.75, 3.05) is 0 Å². The lowest BCUT2D eigenvalue weighted by Gasteiger charge is -2.66. The first-order valence-electron chi connectivity index (χ1n) is 14.5. The summed E-state index contributed by atoms with van der Waals surface area (Å²) >= 11 is 0. The summed E-state index contributed by atoms with van der Waals surface area (Å²) in [5.74, 6) is 1.61. The second-order valence-corrected chi connectivity index (χ2v) is 14.3. The van der Waals surface area contributed by atoms with Crippen LogP contribution in [0.15, 0.2) is 0 Å². The number of rotatable bonds is 6. The molecule has 208 valence electrons. The van der Waals surface area contributed by atoms with Gasteiger partial charge in [0.25, 0.3) is 0 Å². The Bertz CT molecular complexity index is 828. The van der Waals surface area contributed by atoms with E-state index in [9.17, 15) is 25.2 Å². The SMILES string of the molecule is CC(=O)OC(C)(C)[C@@H](C)CC[C@@H](C)[C@H]1CC[C@H]2[C@@H]3C[C@@H](O)[C@@]4(O)C[C@@H](O)CC[C@]4(C)[C@H]3C[C@@H](O)[C@]12C. The van der Waals surface area contributed by atoms with Gasteiger partial charge >= 0.3 is 5.97 Å². The van der Waals surface area contributed by atoms with Crippen LogP contribution in [0.5, 0.6) is 0 Å². The molecule has 4 N–H and O–H groups in total. The normalized spacial score (nSPS) is 48.4. The topological polar surface area (TPSA) is 107 Å². The third-order valence-electron chi connectivity index (χ3n) is 12.3. The van der Waals surface area contributed by atoms with Gasteiger partial charge in [-0.3, -0.25) is 4.79 Å². The first-order valence-corrected chi connectivity index (χ1v) is 14.5. The summed E-state index contributed by atoms with van der Waals surface area (Å²) in [7, 11) is 0. The fourth-order valence-corrected chi connectivity index (χ4v) is 9.72. The van der Waals surface area contributed by atoms with Crippen LogP contribution < -0.4 is 0 Å². The van der Waals surface area contributed by atoms with Gasteiger partial charge in [0.2, 0.25) is 0 Å². The Morgan fingerprint density at radius 3 is 2.31 bits per heavy atom. The zero-order valence-corrected chi connectivity index (χ0v) is 23.7. The molecule has 36 heavy (non-hydrogen) atoms. The van der Waals surface area contributed by atoms with Crippen LogP contribution in [-0.4, -0.2) is 55.9 Å². The van der Waals surface area contributed by atoms with Crippen LogP contribution in [0.2, 0.25) is 0 Å². The van der Waals surface area contributed by atoms with Gasteiger partial charge < -0.3 is 25.2 Å². The standard InChI is InChI=1S/C30H52O6/c1-17(8-9-18(2)27(4,5)36-19(3)31)22-10-11-23-21-14-26(34)30(35)16-20(32)12-13-28(30,6)24(21)15-25(33)29(22,23)7/h17-18,20-26,32-35H,8-16H2,1-7H3/t17-,18+,20+,21+,22-,23+,24+,25-,26-,28-,29-,30+/m1/s1. The highest BCUT2D eigenvalue weighted by molar-refractivity contribution is 5.66. The van der Waals surface area contributed by atoms with Crippen molar-refractivity contribution in [2.24, 2.45) is 46.3 Å². The zero-order chi connectivity index (χ0) is 26.8. The molecule has 0 amide bonds. The van der Waals surface area contributed by atoms with E-state index in [1.807, 2.05) is 13.8 Å². The van der Waals surface area contributed by atoms with E-state index in [0.29, 0.717) is 43.4 Å². The van der Waals surface area contributed by atoms with Crippen molar-refractivity contribution in [3.63, 3.8) is 0 Å². The summed E-state index contributed by atoms with van der Waals surface area (Å²) < 4.78 is 5.58. The van der Waals surface area contributed by atoms with E-state index in [1.54, 1.807) is 0 Å². The molecule has 0 aliphatic heterocycles. The highest BCUT2D eigenvalue weighted by Crippen LogP contribution is 2.69. The summed E-state index contributed by atoms with van der Waals surface area (Å²) in [4.78, 5) is 11.5. The van der Waals surface area contributed by atoms with Gasteiger partial charge in [0.05, 0.1) is 23.9 Å². The number of carbonyl (C=O) groups excluding carboxylic acids is 1. The quantitative estimate of drug-likeness (QED) is 0.395. The molecule has 0 aromatic heterocycles. The maximum absolute atomic E-state index is 11.8. The fourth-order valence-electron chi connectivity index (χ4n) is 9.72. The van der Waals surface area contributed by atoms with Crippen molar-refractivity contribution in [1.82, 2.24) is 0 Å². The van der Waals surface area contributed by atoms with Gasteiger partial charge in [0.1, 0.15) is 5.60 Å². The first-order chi connectivity index (χ1) is 16.6. The molecular formula is C30H52O6. The maximum atomic E-state index is 11.8. The molecule has 4 aliphatic rings. The number of aliphatic hydroxyl groups is 4. The number of ether oxygens (including phenoxy) is 1. The molecule has 6 heteroatoms. The predicted molar refractivity (Wildman–Crippen MR) is 139 cm³/mol. The Labute approximate surface area is 218 Å². The van der Waals surface area contributed by atoms with Gasteiger partial charge in [0.15, 0.2) is 0 Å². The average Bonchev–Trinajstić information content (AvgIpc) is 3.13. The van der Waals surface area contributed by atoms with Gasteiger partial charge in [-0.2, -0.15) is 0 Å². The molecule has 0 aromatic rings. The largest absolute Gasteiger partial charge is 0.460 e. The van der Waals surface area contributed by atoms with Gasteiger partial charge in [0, 0.05) is 18.8 Å². The Balaban J connectivity index is 1.51. The number of hydrogen-bond donors (Lipinski definition) is 4. The first kappa shape index (κ1) is 28.3. The molecule has 0 unspecified atom stereocenters. The van der Waals surface area contributed by atoms with Crippen molar-refractivity contribution in [2.45, 2.75) is 136 Å². The van der Waals surface area contributed by atoms with Crippen LogP contribution in [0.3, 0.4) is 0 Å². The summed E-state index contributed by atoms with van der Waals surface area (Å²) in [6, 6.07) is 0. The highest BCUT2D eigenvalue weighted by atomic mass is 16.6. The second kappa shape index (κ2) is 9.50. The van der Waals surface area contributed by atoms with Crippen LogP contribution in [0.25, 0.3) is 0 Å². The molecule has 0 heterocycles. The van der Waals surface area contributed by atoms with E-state index in [2.05, 4.69) is 27.7 Å². The minimum Gasteiger partial charge on any atom is -0.460 e. The fraction of sp³-hybridized carbons (Fsp3) is 0.967. The number of hydrogen-bond acceptors (Lipinski definition) is 6. The van der Waals surface area contributed by atoms with Crippen molar-refractivity contribution in [1.29, 1.82) is 0 Å². The van der Waals surface area contributed by atoms with E-state index >= 15 is 0 Å². The number of carbonyl (C=O) groups is 1. The van der Waals surface area contributed by atoms with E-state index in [1.165, 1.54) is 6.92 Å². The van der Waals surface area contributed by atoms with Crippen LogP contribution >= 0.6 is 0 Å². The average molecular weight is 509 g/mol. The third-order valence-corrected chi connectivity index (χ3v) is 12.3. The van der Waals surface area contributed by atoms with Gasteiger partial charge in [-0.25, -0.2) is 0 Å². The lowest BCUT2D eigenvalue weighted by atomic mass is 9.41. The van der Waals surface area contributed by atoms with Gasteiger partial charge in [-0.1, -0.05) is 34.1 Å². The van der Waals surface area contributed by atoms with Gasteiger partial charge in [-0.05, 0) is 99.7 Å². The number of esters is 1. The summed E-state index contributed by atoms with van der Waals surface area (Å²) in [5.41, 5.74) is -2.47. The predicted octanol–water partition coefficient (Wildman–Crippen LogP) is 4.46. The minimum absolute atomic E-state index is 0.157. The molecule has 4 saturated carbocycles. The van der Waals surface area contributed by atoms with Crippen LogP contribution in [0.1, 0.15) is 106 Å². The number of fused-ring (bicyclic) bond motifs is 5. The van der Waals surface area contributed by atoms with Crippen LogP contribution in [-0.2, 0) is 9.53 Å². The smallest absolute Gasteiger partial charge is 0.303 e. The van der Waals surface area contributed by atoms with Crippen molar-refractivity contribution < 1.29 is 30.0 Å². The zero-order valence-electron chi connectivity index (χ0n) is 23.7. The lowest BCUT2D eigenvalue weighted by Crippen LogP contribution is -2.70. The third kappa shape index (κ3) is 4.26. The van der Waals surface area contributed by atoms with Crippen LogP contribution in [0, 0.1) is 46.3 Å². The molecule has 12 atom stereocenters. The molecular weight excluding hydrogens is 456 g/mol. The summed E-state index contributed by atoms with van der Waals surface area (Å²) in [6.07, 6.45) is 5.08. The van der Waals surface area contributed by atoms with Crippen LogP contribution in [0.4, 0.5) is 0 Å². The summed E-state index contributed by atoms with van der Waals surface area (Å²) in [6.45, 7) is 14.3. The second-order valence-electron chi connectivity index (χ2n) is 14.3. The van der Waals surface area contributed by atoms with E-state index in [0.717, 1.165) is 25.7 Å². The Morgan fingerprint density at radius 2 is 1.67 bits per heavy atom. The van der Waals surface area contributed by atoms with E-state index in [4.69, 9.17) is 4.74 Å². The number of aliphatic hydroxyl groups excluding tert-OH is 3. The van der Waals surface area contributed by atoms with Crippen molar-refractivity contribution in [3.8, 4) is 0 Å². The molecule has 0 saturated heterocycles. The minimum atomic E-state index is -1.28. The molecule has 4 fully saturated rings. The molecule has 6 nitrogen and oxygen atoms in total. The van der Waals surface area contributed by atoms with Crippen molar-refractivity contribution in [3.05, 3.63) is 0 Å².